The fourth-order valence-electron chi connectivity index (χ4n) is 1.81. The van der Waals surface area contributed by atoms with E-state index in [0.717, 1.165) is 23.9 Å². The number of urea groups is 1. The monoisotopic (exact) mass is 311 g/mol. The molecule has 112 valence electrons. The van der Waals surface area contributed by atoms with Gasteiger partial charge in [-0.05, 0) is 32.0 Å². The smallest absolute Gasteiger partial charge is 0.321 e. The van der Waals surface area contributed by atoms with Gasteiger partial charge in [-0.1, -0.05) is 0 Å². The second kappa shape index (κ2) is 6.17. The van der Waals surface area contributed by atoms with Crippen LogP contribution in [0.5, 0.6) is 0 Å². The predicted octanol–water partition coefficient (Wildman–Crippen LogP) is 3.95. The SMILES string of the molecule is Cc1csc(NC(=O)N(C)C(C)c2cc(F)ccc2F)n1. The summed E-state index contributed by atoms with van der Waals surface area (Å²) >= 11 is 1.30. The summed E-state index contributed by atoms with van der Waals surface area (Å²) in [6.07, 6.45) is 0. The number of halogens is 2. The number of aromatic nitrogens is 1. The van der Waals surface area contributed by atoms with Gasteiger partial charge >= 0.3 is 6.03 Å². The van der Waals surface area contributed by atoms with E-state index >= 15 is 0 Å². The second-order valence-corrected chi connectivity index (χ2v) is 5.54. The van der Waals surface area contributed by atoms with E-state index in [9.17, 15) is 13.6 Å². The van der Waals surface area contributed by atoms with E-state index in [0.29, 0.717) is 5.13 Å². The molecule has 2 amide bonds. The topological polar surface area (TPSA) is 45.2 Å². The number of benzene rings is 1. The molecule has 0 aliphatic heterocycles. The summed E-state index contributed by atoms with van der Waals surface area (Å²) in [5.74, 6) is -1.09. The maximum atomic E-state index is 13.7. The van der Waals surface area contributed by atoms with Crippen molar-refractivity contribution in [1.82, 2.24) is 9.88 Å². The van der Waals surface area contributed by atoms with Crippen molar-refractivity contribution in [1.29, 1.82) is 0 Å². The van der Waals surface area contributed by atoms with Gasteiger partial charge in [0.2, 0.25) is 0 Å². The molecular weight excluding hydrogens is 296 g/mol. The Balaban J connectivity index is 2.12. The molecule has 0 aliphatic carbocycles. The molecule has 0 bridgehead atoms. The van der Waals surface area contributed by atoms with Crippen molar-refractivity contribution in [2.75, 3.05) is 12.4 Å². The standard InChI is InChI=1S/C14H15F2N3OS/c1-8-7-21-13(17-8)18-14(20)19(3)9(2)11-6-10(15)4-5-12(11)16/h4-7,9H,1-3H3,(H,17,18,20). The highest BCUT2D eigenvalue weighted by Crippen LogP contribution is 2.24. The minimum absolute atomic E-state index is 0.128. The summed E-state index contributed by atoms with van der Waals surface area (Å²) in [4.78, 5) is 17.5. The predicted molar refractivity (Wildman–Crippen MR) is 78.4 cm³/mol. The maximum absolute atomic E-state index is 13.7. The van der Waals surface area contributed by atoms with Gasteiger partial charge in [-0.25, -0.2) is 18.6 Å². The molecule has 0 saturated heterocycles. The molecule has 1 N–H and O–H groups in total. The highest BCUT2D eigenvalue weighted by atomic mass is 32.1. The van der Waals surface area contributed by atoms with Crippen LogP contribution >= 0.6 is 11.3 Å². The second-order valence-electron chi connectivity index (χ2n) is 4.68. The van der Waals surface area contributed by atoms with Crippen molar-refractivity contribution in [3.63, 3.8) is 0 Å². The Kier molecular flexibility index (Phi) is 4.52. The molecule has 0 aliphatic rings. The Labute approximate surface area is 125 Å². The van der Waals surface area contributed by atoms with Gasteiger partial charge in [0.05, 0.1) is 11.7 Å². The van der Waals surface area contributed by atoms with Crippen LogP contribution in [0.3, 0.4) is 0 Å². The lowest BCUT2D eigenvalue weighted by Gasteiger charge is -2.25. The zero-order valence-corrected chi connectivity index (χ0v) is 12.7. The van der Waals surface area contributed by atoms with Crippen LogP contribution < -0.4 is 5.32 Å². The number of carbonyl (C=O) groups is 1. The van der Waals surface area contributed by atoms with E-state index < -0.39 is 23.7 Å². The number of aryl methyl sites for hydroxylation is 1. The lowest BCUT2D eigenvalue weighted by atomic mass is 10.1. The van der Waals surface area contributed by atoms with Crippen LogP contribution in [0.4, 0.5) is 18.7 Å². The van der Waals surface area contributed by atoms with Crippen LogP contribution in [0.1, 0.15) is 24.2 Å². The highest BCUT2D eigenvalue weighted by Gasteiger charge is 2.21. The van der Waals surface area contributed by atoms with Gasteiger partial charge in [0, 0.05) is 18.0 Å². The first-order valence-corrected chi connectivity index (χ1v) is 7.17. The minimum atomic E-state index is -0.609. The van der Waals surface area contributed by atoms with Gasteiger partial charge in [0.1, 0.15) is 11.6 Å². The molecular formula is C14H15F2N3OS. The minimum Gasteiger partial charge on any atom is -0.321 e. The zero-order chi connectivity index (χ0) is 15.6. The number of thiazole rings is 1. The summed E-state index contributed by atoms with van der Waals surface area (Å²) < 4.78 is 27.0. The first-order valence-electron chi connectivity index (χ1n) is 6.29. The van der Waals surface area contributed by atoms with Crippen molar-refractivity contribution < 1.29 is 13.6 Å². The van der Waals surface area contributed by atoms with Crippen LogP contribution in [0, 0.1) is 18.6 Å². The van der Waals surface area contributed by atoms with Crippen molar-refractivity contribution in [3.8, 4) is 0 Å². The number of hydrogen-bond acceptors (Lipinski definition) is 3. The summed E-state index contributed by atoms with van der Waals surface area (Å²) in [7, 11) is 1.52. The number of rotatable bonds is 3. The molecule has 4 nitrogen and oxygen atoms in total. The molecule has 1 unspecified atom stereocenters. The van der Waals surface area contributed by atoms with Crippen LogP contribution in [-0.2, 0) is 0 Å². The first-order chi connectivity index (χ1) is 9.88. The van der Waals surface area contributed by atoms with E-state index in [2.05, 4.69) is 10.3 Å². The molecule has 1 atom stereocenters. The largest absolute Gasteiger partial charge is 0.323 e. The molecule has 0 spiro atoms. The van der Waals surface area contributed by atoms with E-state index in [1.54, 1.807) is 6.92 Å². The normalized spacial score (nSPS) is 12.0. The summed E-state index contributed by atoms with van der Waals surface area (Å²) in [5, 5.41) is 4.91. The molecule has 2 aromatic rings. The molecule has 1 heterocycles. The van der Waals surface area contributed by atoms with Crippen molar-refractivity contribution in [2.24, 2.45) is 0 Å². The van der Waals surface area contributed by atoms with Crippen LogP contribution in [-0.4, -0.2) is 23.0 Å². The molecule has 0 saturated carbocycles. The Morgan fingerprint density at radius 2 is 2.14 bits per heavy atom. The van der Waals surface area contributed by atoms with Crippen LogP contribution in [0.2, 0.25) is 0 Å². The van der Waals surface area contributed by atoms with Crippen molar-refractivity contribution >= 4 is 22.5 Å². The van der Waals surface area contributed by atoms with Gasteiger partial charge in [0.15, 0.2) is 5.13 Å². The molecule has 7 heteroatoms. The fourth-order valence-corrected chi connectivity index (χ4v) is 2.49. The molecule has 1 aromatic carbocycles. The number of amides is 2. The summed E-state index contributed by atoms with van der Waals surface area (Å²) in [5.41, 5.74) is 0.935. The number of anilines is 1. The summed E-state index contributed by atoms with van der Waals surface area (Å²) in [6, 6.07) is 2.15. The van der Waals surface area contributed by atoms with Gasteiger partial charge in [-0.15, -0.1) is 11.3 Å². The van der Waals surface area contributed by atoms with Gasteiger partial charge < -0.3 is 4.90 Å². The Morgan fingerprint density at radius 1 is 1.43 bits per heavy atom. The van der Waals surface area contributed by atoms with Crippen LogP contribution in [0.25, 0.3) is 0 Å². The third kappa shape index (κ3) is 3.55. The Bertz CT molecular complexity index is 659. The van der Waals surface area contributed by atoms with Crippen molar-refractivity contribution in [3.05, 3.63) is 46.5 Å². The number of hydrogen-bond donors (Lipinski definition) is 1. The third-order valence-electron chi connectivity index (χ3n) is 3.14. The van der Waals surface area contributed by atoms with E-state index in [1.807, 2.05) is 12.3 Å². The fraction of sp³-hybridized carbons (Fsp3) is 0.286. The first kappa shape index (κ1) is 15.4. The lowest BCUT2D eigenvalue weighted by molar-refractivity contribution is 0.207. The molecule has 0 fully saturated rings. The molecule has 2 rings (SSSR count). The highest BCUT2D eigenvalue weighted by molar-refractivity contribution is 7.13. The molecule has 1 aromatic heterocycles. The van der Waals surface area contributed by atoms with E-state index in [4.69, 9.17) is 0 Å². The third-order valence-corrected chi connectivity index (χ3v) is 4.02. The van der Waals surface area contributed by atoms with E-state index in [-0.39, 0.29) is 5.56 Å². The average molecular weight is 311 g/mol. The van der Waals surface area contributed by atoms with Gasteiger partial charge in [-0.3, -0.25) is 5.32 Å². The number of nitrogens with one attached hydrogen (secondary N) is 1. The van der Waals surface area contributed by atoms with Gasteiger partial charge in [0.25, 0.3) is 0 Å². The summed E-state index contributed by atoms with van der Waals surface area (Å²) in [6.45, 7) is 3.45. The number of carbonyl (C=O) groups excluding carboxylic acids is 1. The average Bonchev–Trinajstić information content (AvgIpc) is 2.85. The van der Waals surface area contributed by atoms with Gasteiger partial charge in [-0.2, -0.15) is 0 Å². The van der Waals surface area contributed by atoms with E-state index in [1.165, 1.54) is 23.3 Å². The Hall–Kier alpha value is -2.02. The molecule has 21 heavy (non-hydrogen) atoms. The maximum Gasteiger partial charge on any atom is 0.323 e. The Morgan fingerprint density at radius 3 is 2.76 bits per heavy atom. The lowest BCUT2D eigenvalue weighted by Crippen LogP contribution is -2.34. The quantitative estimate of drug-likeness (QED) is 0.932. The van der Waals surface area contributed by atoms with Crippen molar-refractivity contribution in [2.45, 2.75) is 19.9 Å². The number of nitrogens with zero attached hydrogens (tertiary/aromatic N) is 2. The zero-order valence-electron chi connectivity index (χ0n) is 11.9. The molecule has 0 radical (unpaired) electrons. The van der Waals surface area contributed by atoms with Crippen LogP contribution in [0.15, 0.2) is 23.6 Å².